The number of para-hydroxylation sites is 3. The number of nitrogens with zero attached hydrogens (tertiary/aromatic N) is 2. The third-order valence-electron chi connectivity index (χ3n) is 8.30. The lowest BCUT2D eigenvalue weighted by molar-refractivity contribution is 1.17. The van der Waals surface area contributed by atoms with E-state index >= 15 is 0 Å². The highest BCUT2D eigenvalue weighted by Gasteiger charge is 2.19. The van der Waals surface area contributed by atoms with Gasteiger partial charge in [0.15, 0.2) is 0 Å². The van der Waals surface area contributed by atoms with Gasteiger partial charge < -0.3 is 9.13 Å². The van der Waals surface area contributed by atoms with E-state index in [0.717, 1.165) is 9.13 Å². The predicted molar refractivity (Wildman–Crippen MR) is 219 cm³/mol. The number of hydrogen-bond donors (Lipinski definition) is 0. The molecule has 3 aromatic heterocycles. The fourth-order valence-corrected chi connectivity index (χ4v) is 7.19. The third kappa shape index (κ3) is 4.29. The van der Waals surface area contributed by atoms with Crippen molar-refractivity contribution in [2.75, 3.05) is 0 Å². The lowest BCUT2D eigenvalue weighted by Crippen LogP contribution is -1.96. The second-order valence-electron chi connectivity index (χ2n) is 11.0. The van der Waals surface area contributed by atoms with Gasteiger partial charge in [-0.15, -0.1) is 11.3 Å². The standard InChI is InChI=1S/C48H30N2S/c1-2-12-31(13-3-1)32-14-10-15-33(28-32)34-24-26-39-47(29-34)51-46-23-11-22-45(48(39)46)50-43-21-9-6-18-38(43)40-30-35(25-27-44(40)50)49-41-19-7-4-16-36(41)37-17-5-8-20-42(37)49/h1-30H/i1D,2D,3D,4D,5D,6D,7D,8D,9D,10D,11D,12D,13D,14D,15D,16D,17D,18D,19D,20D,21D,22D,23D,24D,25D,26D,27D,28D,29D,30D. The Hall–Kier alpha value is -6.42. The molecule has 0 amide bonds. The van der Waals surface area contributed by atoms with Gasteiger partial charge in [-0.05, 0) is 82.7 Å². The van der Waals surface area contributed by atoms with E-state index in [9.17, 15) is 15.1 Å². The molecule has 0 fully saturated rings. The van der Waals surface area contributed by atoms with Crippen molar-refractivity contribution in [3.63, 3.8) is 0 Å². The Labute approximate surface area is 340 Å². The minimum Gasteiger partial charge on any atom is -0.309 e. The maximum atomic E-state index is 10.0. The molecular formula is C48H30N2S. The van der Waals surface area contributed by atoms with E-state index in [-0.39, 0.29) is 9.40 Å². The van der Waals surface area contributed by atoms with E-state index in [2.05, 4.69) is 0 Å². The van der Waals surface area contributed by atoms with E-state index in [1.807, 2.05) is 0 Å². The SMILES string of the molecule is [2H]c1c([2H])c([2H])c(-c2c([2H])c([2H])c([2H])c(-c3c([2H])c([2H])c4c(sc5c([2H])c([2H])c([2H])c(-n6c7c([2H])c([2H])c([2H])c([2H])c7c7c([2H])c(-n8c9c([2H])c([2H])c([2H])c([2H])c9c9c([2H])c([2H])c([2H])c([2H])c98)c([2H])c([2H])c76)c54)c3[2H])c2[2H])c([2H])c1[2H]. The van der Waals surface area contributed by atoms with Crippen LogP contribution >= 0.6 is 11.3 Å². The molecule has 0 saturated carbocycles. The van der Waals surface area contributed by atoms with Gasteiger partial charge in [0.05, 0.1) is 68.9 Å². The fourth-order valence-electron chi connectivity index (χ4n) is 6.18. The summed E-state index contributed by atoms with van der Waals surface area (Å²) in [6.07, 6.45) is 0. The molecule has 2 nitrogen and oxygen atoms in total. The molecule has 0 aliphatic rings. The molecular weight excluding hydrogens is 637 g/mol. The van der Waals surface area contributed by atoms with Crippen LogP contribution in [0.2, 0.25) is 0 Å². The highest BCUT2D eigenvalue weighted by atomic mass is 32.1. The molecule has 3 heterocycles. The molecule has 8 aromatic carbocycles. The topological polar surface area (TPSA) is 9.86 Å². The Morgan fingerprint density at radius 1 is 0.353 bits per heavy atom. The Morgan fingerprint density at radius 3 is 1.67 bits per heavy atom. The Bertz CT molecular complexity index is 4770. The fraction of sp³-hybridized carbons (Fsp3) is 0. The van der Waals surface area contributed by atoms with Gasteiger partial charge in [0.1, 0.15) is 0 Å². The Balaban J connectivity index is 1.33. The molecule has 0 radical (unpaired) electrons. The van der Waals surface area contributed by atoms with Gasteiger partial charge in [-0.1, -0.05) is 121 Å². The van der Waals surface area contributed by atoms with Crippen LogP contribution < -0.4 is 0 Å². The minimum absolute atomic E-state index is 0.316. The van der Waals surface area contributed by atoms with Crippen molar-refractivity contribution in [1.82, 2.24) is 9.13 Å². The number of fused-ring (bicyclic) bond motifs is 9. The number of hydrogen-bond acceptors (Lipinski definition) is 1. The Morgan fingerprint density at radius 2 is 0.922 bits per heavy atom. The van der Waals surface area contributed by atoms with E-state index in [1.165, 1.54) is 0 Å². The summed E-state index contributed by atoms with van der Waals surface area (Å²) in [4.78, 5) is 0. The summed E-state index contributed by atoms with van der Waals surface area (Å²) in [5, 5.41) is -2.95. The number of thiophene rings is 1. The van der Waals surface area contributed by atoms with Crippen molar-refractivity contribution in [3.8, 4) is 33.6 Å². The zero-order valence-electron chi connectivity index (χ0n) is 55.3. The smallest absolute Gasteiger partial charge is 0.0652 e. The molecule has 0 saturated heterocycles. The Kier molecular flexibility index (Phi) is 2.56. The van der Waals surface area contributed by atoms with Crippen LogP contribution in [0.1, 0.15) is 41.1 Å². The summed E-state index contributed by atoms with van der Waals surface area (Å²) in [5.41, 5.74) is -6.69. The lowest BCUT2D eigenvalue weighted by atomic mass is 9.98. The van der Waals surface area contributed by atoms with Crippen molar-refractivity contribution in [1.29, 1.82) is 0 Å². The van der Waals surface area contributed by atoms with Crippen molar-refractivity contribution < 1.29 is 41.1 Å². The average Bonchev–Trinajstić information content (AvgIpc) is 4.21. The molecule has 0 unspecified atom stereocenters. The van der Waals surface area contributed by atoms with Crippen LogP contribution in [-0.4, -0.2) is 9.13 Å². The van der Waals surface area contributed by atoms with Gasteiger partial charge in [-0.2, -0.15) is 0 Å². The second-order valence-corrected chi connectivity index (χ2v) is 12.0. The molecule has 51 heavy (non-hydrogen) atoms. The van der Waals surface area contributed by atoms with E-state index in [4.69, 9.17) is 26.0 Å². The van der Waals surface area contributed by atoms with Crippen molar-refractivity contribution in [2.45, 2.75) is 0 Å². The summed E-state index contributed by atoms with van der Waals surface area (Å²) in [6.45, 7) is 0. The van der Waals surface area contributed by atoms with Crippen molar-refractivity contribution in [2.24, 2.45) is 0 Å². The van der Waals surface area contributed by atoms with Gasteiger partial charge in [-0.25, -0.2) is 0 Å². The van der Waals surface area contributed by atoms with Gasteiger partial charge in [-0.3, -0.25) is 0 Å². The van der Waals surface area contributed by atoms with Gasteiger partial charge in [0.2, 0.25) is 0 Å². The summed E-state index contributed by atoms with van der Waals surface area (Å²) in [5.74, 6) is 0. The molecule has 0 aliphatic heterocycles. The summed E-state index contributed by atoms with van der Waals surface area (Å²) < 4.78 is 271. The zero-order chi connectivity index (χ0) is 59.6. The van der Waals surface area contributed by atoms with E-state index in [1.54, 1.807) is 0 Å². The van der Waals surface area contributed by atoms with Crippen molar-refractivity contribution in [3.05, 3.63) is 181 Å². The second kappa shape index (κ2) is 11.0. The normalized spacial score (nSPS) is 20.2. The van der Waals surface area contributed by atoms with Gasteiger partial charge in [0.25, 0.3) is 0 Å². The van der Waals surface area contributed by atoms with Crippen LogP contribution in [-0.2, 0) is 0 Å². The van der Waals surface area contributed by atoms with Gasteiger partial charge in [0, 0.05) is 47.4 Å². The van der Waals surface area contributed by atoms with Crippen LogP contribution in [0.4, 0.5) is 0 Å². The van der Waals surface area contributed by atoms with Crippen LogP contribution in [0, 0.1) is 0 Å². The number of rotatable bonds is 4. The number of aromatic nitrogens is 2. The zero-order valence-corrected chi connectivity index (χ0v) is 26.1. The molecule has 0 bridgehead atoms. The molecule has 0 N–H and O–H groups in total. The minimum atomic E-state index is -1.01. The first-order chi connectivity index (χ1) is 37.8. The summed E-state index contributed by atoms with van der Waals surface area (Å²) in [6, 6.07) is -26.3. The van der Waals surface area contributed by atoms with Crippen LogP contribution in [0.15, 0.2) is 181 Å². The first kappa shape index (κ1) is 11.8. The van der Waals surface area contributed by atoms with Crippen molar-refractivity contribution >= 4 is 75.1 Å². The number of benzene rings is 8. The quantitative estimate of drug-likeness (QED) is 0.173. The predicted octanol–water partition coefficient (Wildman–Crippen LogP) is 13.6. The summed E-state index contributed by atoms with van der Waals surface area (Å²) in [7, 11) is 0. The van der Waals surface area contributed by atoms with Crippen LogP contribution in [0.25, 0.3) is 97.4 Å². The maximum absolute atomic E-state index is 10.0. The summed E-state index contributed by atoms with van der Waals surface area (Å²) >= 11 is 0.527. The first-order valence-corrected chi connectivity index (χ1v) is 15.8. The average molecular weight is 697 g/mol. The largest absolute Gasteiger partial charge is 0.309 e. The molecule has 3 heteroatoms. The molecule has 0 aliphatic carbocycles. The maximum Gasteiger partial charge on any atom is 0.0652 e. The van der Waals surface area contributed by atoms with Crippen LogP contribution in [0.5, 0.6) is 0 Å². The van der Waals surface area contributed by atoms with Gasteiger partial charge >= 0.3 is 0 Å². The highest BCUT2D eigenvalue weighted by Crippen LogP contribution is 2.43. The van der Waals surface area contributed by atoms with E-state index < -0.39 is 269 Å². The molecule has 238 valence electrons. The third-order valence-corrected chi connectivity index (χ3v) is 9.32. The monoisotopic (exact) mass is 696 g/mol. The molecule has 11 rings (SSSR count). The van der Waals surface area contributed by atoms with E-state index in [0.29, 0.717) is 11.3 Å². The van der Waals surface area contributed by atoms with Crippen LogP contribution in [0.3, 0.4) is 0 Å². The lowest BCUT2D eigenvalue weighted by Gasteiger charge is -2.12. The molecule has 0 spiro atoms. The highest BCUT2D eigenvalue weighted by molar-refractivity contribution is 7.26. The molecule has 0 atom stereocenters. The first-order valence-electron chi connectivity index (χ1n) is 30.0. The molecule has 11 aromatic rings.